The second-order valence-corrected chi connectivity index (χ2v) is 30.9. The van der Waals surface area contributed by atoms with Gasteiger partial charge in [0.2, 0.25) is 0 Å². The van der Waals surface area contributed by atoms with Crippen molar-refractivity contribution in [2.24, 2.45) is 0 Å². The normalized spacial score (nSPS) is 14.7. The summed E-state index contributed by atoms with van der Waals surface area (Å²) < 4.78 is 68.8. The molecule has 3 N–H and O–H groups in total. The fourth-order valence-corrected chi connectivity index (χ4v) is 12.5. The van der Waals surface area contributed by atoms with E-state index >= 15 is 0 Å². The number of aliphatic hydroxyl groups excluding tert-OH is 1. The number of rotatable bonds is 79. The maximum absolute atomic E-state index is 13.2. The zero-order chi connectivity index (χ0) is 81.7. The van der Waals surface area contributed by atoms with Crippen LogP contribution in [0.2, 0.25) is 0 Å². The lowest BCUT2D eigenvalue weighted by atomic mass is 10.1. The number of esters is 4. The molecule has 0 saturated carbocycles. The number of carbonyl (C=O) groups is 4. The molecule has 0 rings (SSSR count). The lowest BCUT2D eigenvalue weighted by Crippen LogP contribution is -2.30. The quantitative estimate of drug-likeness (QED) is 0.0169. The fraction of sp³-hybridized carbons (Fsp3) is 0.634. The molecule has 0 spiro atoms. The van der Waals surface area contributed by atoms with Gasteiger partial charge in [0.05, 0.1) is 26.4 Å². The summed E-state index contributed by atoms with van der Waals surface area (Å²) in [6.07, 6.45) is 101. The van der Waals surface area contributed by atoms with Crippen LogP contribution >= 0.6 is 15.6 Å². The molecule has 0 aromatic heterocycles. The molecule has 0 aromatic rings. The van der Waals surface area contributed by atoms with E-state index in [9.17, 15) is 43.2 Å². The molecule has 0 radical (unpaired) electrons. The molecule has 0 amide bonds. The van der Waals surface area contributed by atoms with Crippen LogP contribution in [-0.4, -0.2) is 96.7 Å². The summed E-state index contributed by atoms with van der Waals surface area (Å²) in [4.78, 5) is 73.3. The van der Waals surface area contributed by atoms with E-state index in [1.54, 1.807) is 0 Å². The summed E-state index contributed by atoms with van der Waals surface area (Å²) in [5.74, 6) is -2.31. The van der Waals surface area contributed by atoms with Gasteiger partial charge >= 0.3 is 39.5 Å². The van der Waals surface area contributed by atoms with Gasteiger partial charge in [-0.3, -0.25) is 37.3 Å². The van der Waals surface area contributed by atoms with Gasteiger partial charge in [0.25, 0.3) is 0 Å². The van der Waals surface area contributed by atoms with Gasteiger partial charge in [0, 0.05) is 25.7 Å². The van der Waals surface area contributed by atoms with E-state index in [4.69, 9.17) is 37.0 Å². The van der Waals surface area contributed by atoms with Crippen molar-refractivity contribution < 1.29 is 80.2 Å². The van der Waals surface area contributed by atoms with Crippen LogP contribution in [0.25, 0.3) is 0 Å². The molecule has 17 nitrogen and oxygen atoms in total. The largest absolute Gasteiger partial charge is 0.472 e. The topological polar surface area (TPSA) is 237 Å². The summed E-state index contributed by atoms with van der Waals surface area (Å²) in [6.45, 7) is 4.41. The summed E-state index contributed by atoms with van der Waals surface area (Å²) in [7, 11) is -10.0. The molecule has 0 aliphatic heterocycles. The van der Waals surface area contributed by atoms with E-state index in [-0.39, 0.29) is 25.7 Å². The van der Waals surface area contributed by atoms with E-state index in [0.717, 1.165) is 218 Å². The van der Waals surface area contributed by atoms with Gasteiger partial charge in [-0.15, -0.1) is 0 Å². The second-order valence-electron chi connectivity index (χ2n) is 28.0. The maximum atomic E-state index is 13.2. The van der Waals surface area contributed by atoms with Crippen molar-refractivity contribution in [1.82, 2.24) is 0 Å². The van der Waals surface area contributed by atoms with Gasteiger partial charge in [-0.2, -0.15) is 0 Å². The Kier molecular flexibility index (Phi) is 78.8. The Morgan fingerprint density at radius 3 is 0.768 bits per heavy atom. The molecule has 0 aliphatic rings. The van der Waals surface area contributed by atoms with Gasteiger partial charge in [0.1, 0.15) is 19.3 Å². The number of unbranched alkanes of at least 4 members (excludes halogenated alkanes) is 23. The van der Waals surface area contributed by atoms with E-state index in [0.29, 0.717) is 32.1 Å². The Labute approximate surface area is 679 Å². The van der Waals surface area contributed by atoms with Gasteiger partial charge < -0.3 is 33.8 Å². The molecular formula is C93H152O17P2. The van der Waals surface area contributed by atoms with Crippen molar-refractivity contribution in [2.75, 3.05) is 39.6 Å². The van der Waals surface area contributed by atoms with E-state index in [1.807, 2.05) is 18.2 Å². The predicted octanol–water partition coefficient (Wildman–Crippen LogP) is 25.9. The van der Waals surface area contributed by atoms with Gasteiger partial charge in [0.15, 0.2) is 12.2 Å². The minimum Gasteiger partial charge on any atom is -0.462 e. The molecule has 112 heavy (non-hydrogen) atoms. The number of phosphoric ester groups is 2. The zero-order valence-corrected chi connectivity index (χ0v) is 71.6. The highest BCUT2D eigenvalue weighted by molar-refractivity contribution is 7.47. The molecule has 0 bridgehead atoms. The van der Waals surface area contributed by atoms with Crippen molar-refractivity contribution in [3.05, 3.63) is 182 Å². The summed E-state index contributed by atoms with van der Waals surface area (Å²) in [5, 5.41) is 10.7. The number of hydrogen-bond donors (Lipinski definition) is 3. The lowest BCUT2D eigenvalue weighted by molar-refractivity contribution is -0.161. The van der Waals surface area contributed by atoms with Gasteiger partial charge in [-0.1, -0.05) is 313 Å². The Hall–Kier alpha value is -5.84. The highest BCUT2D eigenvalue weighted by Gasteiger charge is 2.30. The summed E-state index contributed by atoms with van der Waals surface area (Å²) in [6, 6.07) is 0. The van der Waals surface area contributed by atoms with Crippen molar-refractivity contribution in [2.45, 2.75) is 341 Å². The molecule has 636 valence electrons. The number of carbonyl (C=O) groups excluding carboxylic acids is 4. The highest BCUT2D eigenvalue weighted by atomic mass is 31.2. The van der Waals surface area contributed by atoms with Crippen LogP contribution in [0.3, 0.4) is 0 Å². The highest BCUT2D eigenvalue weighted by Crippen LogP contribution is 2.45. The third-order valence-electron chi connectivity index (χ3n) is 17.4. The van der Waals surface area contributed by atoms with Gasteiger partial charge in [-0.05, 0) is 167 Å². The Balaban J connectivity index is 5.49. The first-order valence-corrected chi connectivity index (χ1v) is 46.0. The molecule has 0 aromatic carbocycles. The molecule has 0 saturated heterocycles. The van der Waals surface area contributed by atoms with Crippen LogP contribution in [-0.2, 0) is 65.4 Å². The Morgan fingerprint density at radius 2 is 0.482 bits per heavy atom. The van der Waals surface area contributed by atoms with E-state index in [2.05, 4.69) is 192 Å². The standard InChI is InChI=1S/C93H152O17P2/c1-5-9-13-17-21-25-29-33-37-41-43-47-49-53-57-61-65-69-73-77-90(95)103-83-88(109-92(97)79-75-71-67-63-59-55-51-45-39-35-31-27-23-19-15-11-7-3)85-107-111(99,100)105-81-87(94)82-106-112(101,102)108-86-89(110-93(98)80-76-72-68-64-60-56-52-46-40-36-32-28-24-20-16-12-8-4)84-104-91(96)78-74-70-66-62-58-54-50-48-44-42-38-34-30-26-22-18-14-10-6-2/h9,11-13,15-16,21-28,33-40,43-44,47-48,53,57,65,69,87-89,94H,5-8,10,14,17-20,29-32,41-42,45-46,49-52,54-56,58-64,66-68,70-86H2,1-4H3,(H,99,100)(H,101,102)/b13-9-,15-11-,16-12-,25-21-,26-22-,27-23-,28-24-,37-33-,38-34-,39-35-,40-36-,47-43-,48-44-,57-53-,69-65-. The first kappa shape index (κ1) is 106. The molecule has 5 atom stereocenters. The number of allylic oxidation sites excluding steroid dienone is 30. The van der Waals surface area contributed by atoms with E-state index in [1.165, 1.54) is 19.3 Å². The monoisotopic (exact) mass is 1600 g/mol. The van der Waals surface area contributed by atoms with Crippen LogP contribution in [0.4, 0.5) is 0 Å². The van der Waals surface area contributed by atoms with Crippen LogP contribution in [0.1, 0.15) is 323 Å². The molecule has 19 heteroatoms. The van der Waals surface area contributed by atoms with Crippen LogP contribution in [0.5, 0.6) is 0 Å². The zero-order valence-electron chi connectivity index (χ0n) is 69.8. The van der Waals surface area contributed by atoms with Crippen molar-refractivity contribution in [3.8, 4) is 0 Å². The van der Waals surface area contributed by atoms with Crippen LogP contribution < -0.4 is 0 Å². The predicted molar refractivity (Wildman–Crippen MR) is 463 cm³/mol. The number of ether oxygens (including phenoxy) is 4. The number of aliphatic hydroxyl groups is 1. The van der Waals surface area contributed by atoms with Gasteiger partial charge in [-0.25, -0.2) is 9.13 Å². The summed E-state index contributed by atoms with van der Waals surface area (Å²) in [5.41, 5.74) is 0. The minimum atomic E-state index is -5.01. The lowest BCUT2D eigenvalue weighted by Gasteiger charge is -2.21. The van der Waals surface area contributed by atoms with Crippen molar-refractivity contribution in [1.29, 1.82) is 0 Å². The smallest absolute Gasteiger partial charge is 0.462 e. The number of phosphoric acid groups is 2. The first-order chi connectivity index (χ1) is 54.7. The van der Waals surface area contributed by atoms with Crippen LogP contribution in [0.15, 0.2) is 182 Å². The molecular weight excluding hydrogens is 1450 g/mol. The average Bonchev–Trinajstić information content (AvgIpc) is 0.895. The molecule has 0 fully saturated rings. The van der Waals surface area contributed by atoms with Crippen LogP contribution in [0, 0.1) is 0 Å². The maximum Gasteiger partial charge on any atom is 0.472 e. The van der Waals surface area contributed by atoms with Crippen molar-refractivity contribution in [3.63, 3.8) is 0 Å². The average molecular weight is 1600 g/mol. The second kappa shape index (κ2) is 83.1. The fourth-order valence-electron chi connectivity index (χ4n) is 10.9. The molecule has 0 aliphatic carbocycles. The number of hydrogen-bond acceptors (Lipinski definition) is 15. The third kappa shape index (κ3) is 82.2. The minimum absolute atomic E-state index is 0.0275. The molecule has 5 unspecified atom stereocenters. The summed E-state index contributed by atoms with van der Waals surface area (Å²) >= 11 is 0. The van der Waals surface area contributed by atoms with E-state index < -0.39 is 97.5 Å². The molecule has 0 heterocycles. The third-order valence-corrected chi connectivity index (χ3v) is 19.3. The first-order valence-electron chi connectivity index (χ1n) is 43.0. The Bertz CT molecular complexity index is 2840. The Morgan fingerprint density at radius 1 is 0.259 bits per heavy atom. The SMILES string of the molecule is CC/C=C\C/C=C\C/C=C\C/C=C\C/C=C\C/C=C\CCC(=O)OCC(COP(=O)(O)OCC(O)COP(=O)(O)OCC(COC(=O)CCCCCCCC/C=C\C/C=C\C/C=C\CCCCC)OC(=O)CCCCCCCCC/C=C\C/C=C\C/C=C\CC)OC(=O)CCCCCCCCC/C=C\C/C=C\C/C=C\CC. The van der Waals surface area contributed by atoms with Crippen molar-refractivity contribution >= 4 is 39.5 Å².